The van der Waals surface area contributed by atoms with E-state index in [4.69, 9.17) is 16.3 Å². The normalized spacial score (nSPS) is 10.3. The number of halogens is 2. The van der Waals surface area contributed by atoms with Gasteiger partial charge in [0.05, 0.1) is 5.02 Å². The zero-order valence-electron chi connectivity index (χ0n) is 11.2. The molecule has 20 heavy (non-hydrogen) atoms. The zero-order valence-corrected chi connectivity index (χ0v) is 12.0. The van der Waals surface area contributed by atoms with E-state index in [0.717, 1.165) is 24.3 Å². The Hall–Kier alpha value is -1.81. The van der Waals surface area contributed by atoms with E-state index in [0.29, 0.717) is 0 Å². The average molecular weight is 295 g/mol. The van der Waals surface area contributed by atoms with Crippen LogP contribution in [-0.2, 0) is 6.61 Å². The Balaban J connectivity index is 1.97. The van der Waals surface area contributed by atoms with E-state index >= 15 is 0 Å². The molecule has 0 aliphatic carbocycles. The highest BCUT2D eigenvalue weighted by atomic mass is 35.5. The van der Waals surface area contributed by atoms with E-state index < -0.39 is 5.82 Å². The van der Waals surface area contributed by atoms with Gasteiger partial charge < -0.3 is 10.1 Å². The van der Waals surface area contributed by atoms with Crippen molar-refractivity contribution < 1.29 is 9.13 Å². The van der Waals surface area contributed by atoms with Gasteiger partial charge in [-0.25, -0.2) is 9.37 Å². The van der Waals surface area contributed by atoms with Crippen molar-refractivity contribution in [1.82, 2.24) is 4.98 Å². The molecule has 0 aliphatic rings. The molecule has 1 heterocycles. The molecule has 0 aliphatic heterocycles. The molecule has 0 bridgehead atoms. The first kappa shape index (κ1) is 14.6. The van der Waals surface area contributed by atoms with E-state index in [1.54, 1.807) is 18.3 Å². The van der Waals surface area contributed by atoms with E-state index in [1.807, 2.05) is 12.1 Å². The third-order valence-electron chi connectivity index (χ3n) is 2.68. The van der Waals surface area contributed by atoms with Gasteiger partial charge >= 0.3 is 0 Å². The third-order valence-corrected chi connectivity index (χ3v) is 2.98. The van der Waals surface area contributed by atoms with Crippen LogP contribution in [0.25, 0.3) is 0 Å². The van der Waals surface area contributed by atoms with Crippen LogP contribution in [0.4, 0.5) is 10.2 Å². The van der Waals surface area contributed by atoms with Crippen LogP contribution in [0.5, 0.6) is 5.75 Å². The summed E-state index contributed by atoms with van der Waals surface area (Å²) in [4.78, 5) is 4.26. The van der Waals surface area contributed by atoms with Gasteiger partial charge in [-0.15, -0.1) is 0 Å². The lowest BCUT2D eigenvalue weighted by Crippen LogP contribution is -2.03. The minimum absolute atomic E-state index is 0.0716. The zero-order chi connectivity index (χ0) is 14.4. The van der Waals surface area contributed by atoms with Gasteiger partial charge in [-0.1, -0.05) is 30.7 Å². The van der Waals surface area contributed by atoms with E-state index in [9.17, 15) is 4.39 Å². The Morgan fingerprint density at radius 3 is 2.80 bits per heavy atom. The van der Waals surface area contributed by atoms with Crippen LogP contribution in [0.3, 0.4) is 0 Å². The number of para-hydroxylation sites is 1. The van der Waals surface area contributed by atoms with Gasteiger partial charge in [-0.05, 0) is 24.6 Å². The van der Waals surface area contributed by atoms with Crippen molar-refractivity contribution in [3.63, 3.8) is 0 Å². The second kappa shape index (κ2) is 7.10. The molecular weight excluding hydrogens is 279 g/mol. The minimum atomic E-state index is -0.466. The fourth-order valence-electron chi connectivity index (χ4n) is 1.64. The Labute approximate surface area is 122 Å². The number of nitrogens with zero attached hydrogens (tertiary/aromatic N) is 1. The van der Waals surface area contributed by atoms with Crippen molar-refractivity contribution in [2.45, 2.75) is 20.0 Å². The number of ether oxygens (including phenoxy) is 1. The van der Waals surface area contributed by atoms with E-state index in [1.165, 1.54) is 6.07 Å². The first-order chi connectivity index (χ1) is 9.70. The molecule has 106 valence electrons. The van der Waals surface area contributed by atoms with Gasteiger partial charge in [-0.2, -0.15) is 0 Å². The Morgan fingerprint density at radius 1 is 1.30 bits per heavy atom. The standard InChI is InChI=1S/C15H16ClFN2O/c1-2-8-18-14-7-6-11(9-19-14)10-20-15-12(16)4-3-5-13(15)17/h3-7,9H,2,8,10H2,1H3,(H,18,19). The highest BCUT2D eigenvalue weighted by Crippen LogP contribution is 2.27. The summed E-state index contributed by atoms with van der Waals surface area (Å²) in [5, 5.41) is 3.44. The fraction of sp³-hybridized carbons (Fsp3) is 0.267. The molecular formula is C15H16ClFN2O. The molecule has 0 saturated heterocycles. The number of aromatic nitrogens is 1. The van der Waals surface area contributed by atoms with Crippen LogP contribution in [0.1, 0.15) is 18.9 Å². The number of benzene rings is 1. The van der Waals surface area contributed by atoms with Crippen molar-refractivity contribution in [2.75, 3.05) is 11.9 Å². The summed E-state index contributed by atoms with van der Waals surface area (Å²) in [6, 6.07) is 8.21. The van der Waals surface area contributed by atoms with Crippen molar-refractivity contribution >= 4 is 17.4 Å². The molecule has 0 spiro atoms. The maximum atomic E-state index is 13.5. The molecule has 0 amide bonds. The van der Waals surface area contributed by atoms with Gasteiger partial charge in [0.25, 0.3) is 0 Å². The predicted octanol–water partition coefficient (Wildman–Crippen LogP) is 4.28. The van der Waals surface area contributed by atoms with Crippen LogP contribution in [0, 0.1) is 5.82 Å². The highest BCUT2D eigenvalue weighted by molar-refractivity contribution is 6.32. The van der Waals surface area contributed by atoms with Gasteiger partial charge in [0.15, 0.2) is 11.6 Å². The molecule has 0 unspecified atom stereocenters. The van der Waals surface area contributed by atoms with Crippen molar-refractivity contribution in [3.05, 3.63) is 52.9 Å². The number of hydrogen-bond donors (Lipinski definition) is 1. The predicted molar refractivity (Wildman–Crippen MR) is 78.8 cm³/mol. The molecule has 0 atom stereocenters. The number of nitrogens with one attached hydrogen (secondary N) is 1. The van der Waals surface area contributed by atoms with Gasteiger partial charge in [-0.3, -0.25) is 0 Å². The van der Waals surface area contributed by atoms with Crippen LogP contribution in [-0.4, -0.2) is 11.5 Å². The average Bonchev–Trinajstić information content (AvgIpc) is 2.46. The Kier molecular flexibility index (Phi) is 5.18. The van der Waals surface area contributed by atoms with Crippen molar-refractivity contribution in [1.29, 1.82) is 0 Å². The SMILES string of the molecule is CCCNc1ccc(COc2c(F)cccc2Cl)cn1. The van der Waals surface area contributed by atoms with Crippen LogP contribution < -0.4 is 10.1 Å². The lowest BCUT2D eigenvalue weighted by molar-refractivity contribution is 0.290. The first-order valence-corrected chi connectivity index (χ1v) is 6.84. The van der Waals surface area contributed by atoms with Crippen molar-refractivity contribution in [3.8, 4) is 5.75 Å². The van der Waals surface area contributed by atoms with Gasteiger partial charge in [0, 0.05) is 18.3 Å². The molecule has 0 fully saturated rings. The third kappa shape index (κ3) is 3.84. The smallest absolute Gasteiger partial charge is 0.174 e. The second-order valence-corrected chi connectivity index (χ2v) is 4.73. The summed E-state index contributed by atoms with van der Waals surface area (Å²) in [6.07, 6.45) is 2.74. The fourth-order valence-corrected chi connectivity index (χ4v) is 1.86. The Morgan fingerprint density at radius 2 is 2.15 bits per heavy atom. The molecule has 1 aromatic heterocycles. The van der Waals surface area contributed by atoms with Gasteiger partial charge in [0.1, 0.15) is 12.4 Å². The molecule has 0 radical (unpaired) electrons. The maximum Gasteiger partial charge on any atom is 0.174 e. The minimum Gasteiger partial charge on any atom is -0.484 e. The molecule has 1 N–H and O–H groups in total. The quantitative estimate of drug-likeness (QED) is 0.863. The molecule has 2 aromatic rings. The molecule has 3 nitrogen and oxygen atoms in total. The lowest BCUT2D eigenvalue weighted by atomic mass is 10.3. The summed E-state index contributed by atoms with van der Waals surface area (Å²) >= 11 is 5.89. The number of pyridine rings is 1. The van der Waals surface area contributed by atoms with E-state index in [-0.39, 0.29) is 17.4 Å². The summed E-state index contributed by atoms with van der Waals surface area (Å²) in [6.45, 7) is 3.20. The largest absolute Gasteiger partial charge is 0.484 e. The van der Waals surface area contributed by atoms with Crippen LogP contribution in [0.15, 0.2) is 36.5 Å². The highest BCUT2D eigenvalue weighted by Gasteiger charge is 2.08. The van der Waals surface area contributed by atoms with Crippen molar-refractivity contribution in [2.24, 2.45) is 0 Å². The molecule has 5 heteroatoms. The van der Waals surface area contributed by atoms with Crippen LogP contribution >= 0.6 is 11.6 Å². The second-order valence-electron chi connectivity index (χ2n) is 4.32. The van der Waals surface area contributed by atoms with Crippen LogP contribution in [0.2, 0.25) is 5.02 Å². The summed E-state index contributed by atoms with van der Waals surface area (Å²) in [7, 11) is 0. The monoisotopic (exact) mass is 294 g/mol. The van der Waals surface area contributed by atoms with E-state index in [2.05, 4.69) is 17.2 Å². The summed E-state index contributed by atoms with van der Waals surface area (Å²) < 4.78 is 18.9. The van der Waals surface area contributed by atoms with Gasteiger partial charge in [0.2, 0.25) is 0 Å². The molecule has 0 saturated carbocycles. The lowest BCUT2D eigenvalue weighted by Gasteiger charge is -2.09. The topological polar surface area (TPSA) is 34.1 Å². The summed E-state index contributed by atoms with van der Waals surface area (Å²) in [5.41, 5.74) is 0.853. The number of anilines is 1. The summed E-state index contributed by atoms with van der Waals surface area (Å²) in [5.74, 6) is 0.425. The first-order valence-electron chi connectivity index (χ1n) is 6.46. The maximum absolute atomic E-state index is 13.5. The molecule has 1 aromatic carbocycles. The Bertz CT molecular complexity index is 540. The molecule has 2 rings (SSSR count). The number of hydrogen-bond acceptors (Lipinski definition) is 3. The number of rotatable bonds is 6.